The van der Waals surface area contributed by atoms with E-state index in [1.54, 1.807) is 19.3 Å². The van der Waals surface area contributed by atoms with E-state index in [1.807, 2.05) is 4.90 Å². The molecule has 7 heteroatoms. The number of ether oxygens (including phenoxy) is 1. The number of hydrogen-bond acceptors (Lipinski definition) is 5. The van der Waals surface area contributed by atoms with Crippen LogP contribution in [-0.4, -0.2) is 59.0 Å². The molecule has 1 atom stereocenters. The third kappa shape index (κ3) is 4.75. The topological polar surface area (TPSA) is 84.4 Å². The van der Waals surface area contributed by atoms with Crippen molar-refractivity contribution in [3.63, 3.8) is 0 Å². The third-order valence-electron chi connectivity index (χ3n) is 4.99. The van der Waals surface area contributed by atoms with Crippen molar-refractivity contribution in [2.75, 3.05) is 26.3 Å². The lowest BCUT2D eigenvalue weighted by Crippen LogP contribution is -2.41. The first-order valence-corrected chi connectivity index (χ1v) is 9.07. The van der Waals surface area contributed by atoms with Gasteiger partial charge in [-0.25, -0.2) is 4.98 Å². The van der Waals surface area contributed by atoms with Gasteiger partial charge in [-0.1, -0.05) is 0 Å². The average molecular weight is 346 g/mol. The number of rotatable bonds is 4. The van der Waals surface area contributed by atoms with E-state index in [4.69, 9.17) is 4.74 Å². The molecular formula is C18H26N4O3. The van der Waals surface area contributed by atoms with Crippen LogP contribution >= 0.6 is 0 Å². The summed E-state index contributed by atoms with van der Waals surface area (Å²) in [6.07, 6.45) is 7.57. The fourth-order valence-electron chi connectivity index (χ4n) is 3.59. The Bertz CT molecular complexity index is 616. The Balaban J connectivity index is 1.65. The monoisotopic (exact) mass is 346 g/mol. The van der Waals surface area contributed by atoms with E-state index in [9.17, 15) is 9.59 Å². The van der Waals surface area contributed by atoms with Crippen molar-refractivity contribution in [3.8, 4) is 0 Å². The van der Waals surface area contributed by atoms with Crippen LogP contribution in [0, 0.1) is 5.92 Å². The smallest absolute Gasteiger partial charge is 0.271 e. The molecule has 0 radical (unpaired) electrons. The van der Waals surface area contributed by atoms with Crippen LogP contribution in [0.2, 0.25) is 0 Å². The molecule has 1 aromatic rings. The van der Waals surface area contributed by atoms with E-state index in [0.717, 1.165) is 44.5 Å². The zero-order valence-electron chi connectivity index (χ0n) is 14.7. The van der Waals surface area contributed by atoms with Gasteiger partial charge in [0, 0.05) is 51.7 Å². The average Bonchev–Trinajstić information content (AvgIpc) is 2.63. The quantitative estimate of drug-likeness (QED) is 0.885. The number of aromatic nitrogens is 2. The highest BCUT2D eigenvalue weighted by Crippen LogP contribution is 2.21. The van der Waals surface area contributed by atoms with Crippen LogP contribution in [0.3, 0.4) is 0 Å². The maximum Gasteiger partial charge on any atom is 0.271 e. The summed E-state index contributed by atoms with van der Waals surface area (Å²) in [5.41, 5.74) is 1.14. The summed E-state index contributed by atoms with van der Waals surface area (Å²) in [5.74, 6) is 0.277. The van der Waals surface area contributed by atoms with E-state index >= 15 is 0 Å². The van der Waals surface area contributed by atoms with Crippen LogP contribution in [-0.2, 0) is 16.0 Å². The highest BCUT2D eigenvalue weighted by molar-refractivity contribution is 5.93. The van der Waals surface area contributed by atoms with Crippen molar-refractivity contribution in [2.24, 2.45) is 5.92 Å². The van der Waals surface area contributed by atoms with Gasteiger partial charge in [-0.15, -0.1) is 0 Å². The predicted molar refractivity (Wildman–Crippen MR) is 92.0 cm³/mol. The second kappa shape index (κ2) is 8.38. The lowest BCUT2D eigenvalue weighted by atomic mass is 9.92. The highest BCUT2D eigenvalue weighted by Gasteiger charge is 2.25. The minimum atomic E-state index is -0.158. The van der Waals surface area contributed by atoms with Crippen molar-refractivity contribution in [1.29, 1.82) is 0 Å². The molecule has 3 rings (SSSR count). The van der Waals surface area contributed by atoms with Crippen molar-refractivity contribution in [3.05, 3.63) is 23.8 Å². The zero-order valence-corrected chi connectivity index (χ0v) is 14.7. The number of hydrogen-bond donors (Lipinski definition) is 1. The Labute approximate surface area is 148 Å². The van der Waals surface area contributed by atoms with E-state index in [1.165, 1.54) is 0 Å². The number of nitrogens with zero attached hydrogens (tertiary/aromatic N) is 3. The first-order valence-electron chi connectivity index (χ1n) is 9.07. The maximum atomic E-state index is 12.6. The summed E-state index contributed by atoms with van der Waals surface area (Å²) in [7, 11) is 0. The maximum absolute atomic E-state index is 12.6. The van der Waals surface area contributed by atoms with Crippen molar-refractivity contribution < 1.29 is 14.3 Å². The number of amides is 2. The number of likely N-dealkylation sites (tertiary alicyclic amines) is 1. The Morgan fingerprint density at radius 1 is 1.24 bits per heavy atom. The summed E-state index contributed by atoms with van der Waals surface area (Å²) in [6, 6.07) is 0.138. The number of carbonyl (C=O) groups excluding carboxylic acids is 2. The van der Waals surface area contributed by atoms with Gasteiger partial charge in [-0.05, 0) is 38.0 Å². The number of nitrogens with one attached hydrogen (secondary N) is 1. The van der Waals surface area contributed by atoms with Crippen LogP contribution in [0.1, 0.15) is 48.8 Å². The lowest BCUT2D eigenvalue weighted by Gasteiger charge is -2.32. The molecule has 25 heavy (non-hydrogen) atoms. The molecule has 0 spiro atoms. The van der Waals surface area contributed by atoms with Crippen molar-refractivity contribution in [2.45, 2.75) is 45.1 Å². The summed E-state index contributed by atoms with van der Waals surface area (Å²) < 4.78 is 5.33. The van der Waals surface area contributed by atoms with Gasteiger partial charge in [-0.3, -0.25) is 14.6 Å². The molecule has 2 aliphatic heterocycles. The SMILES string of the molecule is CC(=O)N1CCCC(Cc2nccnc2C(=O)NC2CCOCC2)C1. The summed E-state index contributed by atoms with van der Waals surface area (Å²) >= 11 is 0. The van der Waals surface area contributed by atoms with Crippen molar-refractivity contribution >= 4 is 11.8 Å². The molecule has 2 aliphatic rings. The van der Waals surface area contributed by atoms with E-state index in [-0.39, 0.29) is 17.9 Å². The summed E-state index contributed by atoms with van der Waals surface area (Å²) in [5, 5.41) is 3.05. The van der Waals surface area contributed by atoms with Crippen LogP contribution in [0.4, 0.5) is 0 Å². The molecule has 2 saturated heterocycles. The normalized spacial score (nSPS) is 21.8. The van der Waals surface area contributed by atoms with Crippen LogP contribution in [0.5, 0.6) is 0 Å². The first-order chi connectivity index (χ1) is 12.1. The van der Waals surface area contributed by atoms with E-state index in [2.05, 4.69) is 15.3 Å². The molecule has 136 valence electrons. The van der Waals surface area contributed by atoms with E-state index in [0.29, 0.717) is 31.2 Å². The zero-order chi connectivity index (χ0) is 17.6. The van der Waals surface area contributed by atoms with Crippen LogP contribution < -0.4 is 5.32 Å². The van der Waals surface area contributed by atoms with E-state index < -0.39 is 0 Å². The Kier molecular flexibility index (Phi) is 5.96. The lowest BCUT2D eigenvalue weighted by molar-refractivity contribution is -0.130. The summed E-state index contributed by atoms with van der Waals surface area (Å²) in [6.45, 7) is 4.52. The van der Waals surface area contributed by atoms with Crippen LogP contribution in [0.25, 0.3) is 0 Å². The molecule has 0 saturated carbocycles. The first kappa shape index (κ1) is 17.8. The molecule has 2 amide bonds. The molecule has 1 N–H and O–H groups in total. The second-order valence-corrected chi connectivity index (χ2v) is 6.89. The minimum absolute atomic E-state index is 0.112. The fourth-order valence-corrected chi connectivity index (χ4v) is 3.59. The molecule has 2 fully saturated rings. The molecule has 1 unspecified atom stereocenters. The van der Waals surface area contributed by atoms with Gasteiger partial charge < -0.3 is 15.0 Å². The Morgan fingerprint density at radius 3 is 2.76 bits per heavy atom. The largest absolute Gasteiger partial charge is 0.381 e. The van der Waals surface area contributed by atoms with Crippen LogP contribution in [0.15, 0.2) is 12.4 Å². The van der Waals surface area contributed by atoms with Gasteiger partial charge >= 0.3 is 0 Å². The van der Waals surface area contributed by atoms with Gasteiger partial charge in [0.1, 0.15) is 5.69 Å². The standard InChI is InChI=1S/C18H26N4O3/c1-13(23)22-8-2-3-14(12-22)11-16-17(20-7-6-19-16)18(24)21-15-4-9-25-10-5-15/h6-7,14-15H,2-5,8-12H2,1H3,(H,21,24). The molecule has 1 aromatic heterocycles. The summed E-state index contributed by atoms with van der Waals surface area (Å²) in [4.78, 5) is 34.8. The minimum Gasteiger partial charge on any atom is -0.381 e. The highest BCUT2D eigenvalue weighted by atomic mass is 16.5. The second-order valence-electron chi connectivity index (χ2n) is 6.89. The van der Waals surface area contributed by atoms with Gasteiger partial charge in [0.25, 0.3) is 5.91 Å². The molecule has 0 aromatic carbocycles. The Hall–Kier alpha value is -2.02. The van der Waals surface area contributed by atoms with Crippen molar-refractivity contribution in [1.82, 2.24) is 20.2 Å². The number of piperidine rings is 1. The van der Waals surface area contributed by atoms with Gasteiger partial charge in [0.15, 0.2) is 0 Å². The molecule has 0 aliphatic carbocycles. The number of carbonyl (C=O) groups is 2. The van der Waals surface area contributed by atoms with Gasteiger partial charge in [0.05, 0.1) is 5.69 Å². The van der Waals surface area contributed by atoms with Gasteiger partial charge in [0.2, 0.25) is 5.91 Å². The Morgan fingerprint density at radius 2 is 2.00 bits per heavy atom. The van der Waals surface area contributed by atoms with Gasteiger partial charge in [-0.2, -0.15) is 0 Å². The third-order valence-corrected chi connectivity index (χ3v) is 4.99. The molecular weight excluding hydrogens is 320 g/mol. The molecule has 0 bridgehead atoms. The molecule has 3 heterocycles. The fraction of sp³-hybridized carbons (Fsp3) is 0.667. The molecule has 7 nitrogen and oxygen atoms in total. The predicted octanol–water partition coefficient (Wildman–Crippen LogP) is 1.19.